The molecule has 0 aliphatic carbocycles. The highest BCUT2D eigenvalue weighted by Crippen LogP contribution is 2.23. The molecule has 108 valence electrons. The molecular formula is C13H15FN2O4. The summed E-state index contributed by atoms with van der Waals surface area (Å²) in [4.78, 5) is 24.6. The van der Waals surface area contributed by atoms with Crippen molar-refractivity contribution in [3.05, 3.63) is 29.6 Å². The number of carboxylic acid groups (broad SMARTS) is 1. The fourth-order valence-electron chi connectivity index (χ4n) is 2.21. The molecule has 0 radical (unpaired) electrons. The van der Waals surface area contributed by atoms with Gasteiger partial charge in [0.05, 0.1) is 24.8 Å². The van der Waals surface area contributed by atoms with Crippen LogP contribution in [0.25, 0.3) is 0 Å². The van der Waals surface area contributed by atoms with Crippen LogP contribution in [-0.2, 0) is 9.53 Å². The number of likely N-dealkylation sites (N-methyl/N-ethyl adjacent to an activating group) is 1. The Balaban J connectivity index is 2.24. The van der Waals surface area contributed by atoms with E-state index in [0.717, 1.165) is 12.1 Å². The molecule has 6 nitrogen and oxygen atoms in total. The zero-order valence-corrected chi connectivity index (χ0v) is 10.9. The molecule has 1 amide bonds. The first-order valence-electron chi connectivity index (χ1n) is 6.04. The molecule has 0 saturated carbocycles. The van der Waals surface area contributed by atoms with Crippen molar-refractivity contribution in [2.24, 2.45) is 5.92 Å². The summed E-state index contributed by atoms with van der Waals surface area (Å²) in [6, 6.07) is 2.91. The second-order valence-corrected chi connectivity index (χ2v) is 4.70. The first kappa shape index (κ1) is 14.3. The van der Waals surface area contributed by atoms with Crippen LogP contribution >= 0.6 is 0 Å². The lowest BCUT2D eigenvalue weighted by Gasteiger charge is -2.26. The quantitative estimate of drug-likeness (QED) is 0.791. The van der Waals surface area contributed by atoms with Crippen molar-refractivity contribution in [1.82, 2.24) is 4.90 Å². The van der Waals surface area contributed by atoms with Gasteiger partial charge in [-0.1, -0.05) is 0 Å². The predicted molar refractivity (Wildman–Crippen MR) is 68.6 cm³/mol. The molecule has 1 fully saturated rings. The summed E-state index contributed by atoms with van der Waals surface area (Å²) in [7, 11) is 1.46. The van der Waals surface area contributed by atoms with Gasteiger partial charge in [0.25, 0.3) is 5.91 Å². The maximum Gasteiger partial charge on any atom is 0.311 e. The normalized spacial score (nSPS) is 21.7. The van der Waals surface area contributed by atoms with E-state index in [-0.39, 0.29) is 24.5 Å². The number of carbonyl (C=O) groups excluding carboxylic acids is 1. The number of rotatable bonds is 3. The highest BCUT2D eigenvalue weighted by molar-refractivity contribution is 5.99. The van der Waals surface area contributed by atoms with Crippen LogP contribution in [0, 0.1) is 11.7 Å². The van der Waals surface area contributed by atoms with Gasteiger partial charge in [-0.25, -0.2) is 4.39 Å². The zero-order chi connectivity index (χ0) is 14.9. The fourth-order valence-corrected chi connectivity index (χ4v) is 2.21. The number of halogens is 1. The van der Waals surface area contributed by atoms with Gasteiger partial charge in [0.2, 0.25) is 0 Å². The first-order chi connectivity index (χ1) is 9.41. The molecule has 1 aliphatic heterocycles. The van der Waals surface area contributed by atoms with Crippen LogP contribution < -0.4 is 5.73 Å². The van der Waals surface area contributed by atoms with Crippen molar-refractivity contribution in [2.75, 3.05) is 26.0 Å². The van der Waals surface area contributed by atoms with E-state index in [1.807, 2.05) is 0 Å². The molecule has 20 heavy (non-hydrogen) atoms. The number of nitrogen functional groups attached to an aromatic ring is 1. The summed E-state index contributed by atoms with van der Waals surface area (Å²) in [5, 5.41) is 9.08. The lowest BCUT2D eigenvalue weighted by atomic mass is 10.0. The van der Waals surface area contributed by atoms with E-state index in [2.05, 4.69) is 0 Å². The average molecular weight is 282 g/mol. The lowest BCUT2D eigenvalue weighted by Crippen LogP contribution is -2.44. The number of benzene rings is 1. The number of hydrogen-bond donors (Lipinski definition) is 2. The van der Waals surface area contributed by atoms with E-state index in [1.54, 1.807) is 0 Å². The van der Waals surface area contributed by atoms with Gasteiger partial charge in [0, 0.05) is 12.7 Å². The average Bonchev–Trinajstić information content (AvgIpc) is 2.89. The number of ether oxygens (including phenoxy) is 1. The number of carbonyl (C=O) groups is 2. The van der Waals surface area contributed by atoms with Crippen molar-refractivity contribution in [2.45, 2.75) is 6.04 Å². The number of nitrogens with zero attached hydrogens (tertiary/aromatic N) is 1. The molecular weight excluding hydrogens is 267 g/mol. The Morgan fingerprint density at radius 1 is 1.45 bits per heavy atom. The summed E-state index contributed by atoms with van der Waals surface area (Å²) >= 11 is 0. The number of carboxylic acids is 1. The van der Waals surface area contributed by atoms with Crippen LogP contribution in [0.3, 0.4) is 0 Å². The summed E-state index contributed by atoms with van der Waals surface area (Å²) in [6.07, 6.45) is 0. The van der Waals surface area contributed by atoms with E-state index in [1.165, 1.54) is 18.0 Å². The Morgan fingerprint density at radius 3 is 2.80 bits per heavy atom. The topological polar surface area (TPSA) is 92.9 Å². The van der Waals surface area contributed by atoms with Gasteiger partial charge in [-0.15, -0.1) is 0 Å². The third-order valence-electron chi connectivity index (χ3n) is 3.43. The van der Waals surface area contributed by atoms with Crippen molar-refractivity contribution < 1.29 is 23.8 Å². The minimum absolute atomic E-state index is 0.0172. The molecule has 0 spiro atoms. The summed E-state index contributed by atoms with van der Waals surface area (Å²) in [5.41, 5.74) is 5.82. The Bertz CT molecular complexity index is 549. The molecule has 3 N–H and O–H groups in total. The van der Waals surface area contributed by atoms with Gasteiger partial charge < -0.3 is 20.5 Å². The second kappa shape index (κ2) is 5.46. The minimum Gasteiger partial charge on any atom is -0.481 e. The predicted octanol–water partition coefficient (Wildman–Crippen LogP) is 0.579. The Morgan fingerprint density at radius 2 is 2.15 bits per heavy atom. The Hall–Kier alpha value is -2.15. The van der Waals surface area contributed by atoms with Gasteiger partial charge in [-0.05, 0) is 18.2 Å². The van der Waals surface area contributed by atoms with Crippen LogP contribution in [0.2, 0.25) is 0 Å². The smallest absolute Gasteiger partial charge is 0.311 e. The van der Waals surface area contributed by atoms with E-state index < -0.39 is 29.7 Å². The molecule has 2 rings (SSSR count). The van der Waals surface area contributed by atoms with Crippen LogP contribution in [-0.4, -0.2) is 48.2 Å². The molecule has 2 atom stereocenters. The third kappa shape index (κ3) is 2.57. The van der Waals surface area contributed by atoms with Crippen molar-refractivity contribution in [3.8, 4) is 0 Å². The van der Waals surface area contributed by atoms with Gasteiger partial charge in [-0.3, -0.25) is 9.59 Å². The number of aliphatic carboxylic acids is 1. The van der Waals surface area contributed by atoms with Crippen LogP contribution in [0.15, 0.2) is 18.2 Å². The molecule has 1 aromatic rings. The van der Waals surface area contributed by atoms with Gasteiger partial charge in [0.15, 0.2) is 0 Å². The largest absolute Gasteiger partial charge is 0.481 e. The van der Waals surface area contributed by atoms with Crippen LogP contribution in [0.1, 0.15) is 10.4 Å². The summed E-state index contributed by atoms with van der Waals surface area (Å²) in [5.74, 6) is -2.92. The maximum atomic E-state index is 13.2. The molecule has 0 bridgehead atoms. The molecule has 7 heteroatoms. The van der Waals surface area contributed by atoms with Crippen molar-refractivity contribution >= 4 is 17.6 Å². The van der Waals surface area contributed by atoms with Crippen molar-refractivity contribution in [1.29, 1.82) is 0 Å². The van der Waals surface area contributed by atoms with Gasteiger partial charge in [-0.2, -0.15) is 0 Å². The zero-order valence-electron chi connectivity index (χ0n) is 10.9. The minimum atomic E-state index is -1.03. The maximum absolute atomic E-state index is 13.2. The van der Waals surface area contributed by atoms with E-state index >= 15 is 0 Å². The monoisotopic (exact) mass is 282 g/mol. The number of anilines is 1. The van der Waals surface area contributed by atoms with E-state index in [9.17, 15) is 14.0 Å². The molecule has 1 saturated heterocycles. The van der Waals surface area contributed by atoms with E-state index in [4.69, 9.17) is 15.6 Å². The van der Waals surface area contributed by atoms with E-state index in [0.29, 0.717) is 0 Å². The fraction of sp³-hybridized carbons (Fsp3) is 0.385. The Labute approximate surface area is 114 Å². The highest BCUT2D eigenvalue weighted by Gasteiger charge is 2.39. The molecule has 1 aromatic carbocycles. The van der Waals surface area contributed by atoms with Gasteiger partial charge in [0.1, 0.15) is 11.7 Å². The highest BCUT2D eigenvalue weighted by atomic mass is 19.1. The van der Waals surface area contributed by atoms with Crippen LogP contribution in [0.5, 0.6) is 0 Å². The number of amides is 1. The SMILES string of the molecule is CN(C(=O)c1cc(F)ccc1N)C1COCC1C(=O)O. The number of hydrogen-bond acceptors (Lipinski definition) is 4. The molecule has 0 aromatic heterocycles. The summed E-state index contributed by atoms with van der Waals surface area (Å²) < 4.78 is 18.3. The number of nitrogens with two attached hydrogens (primary N) is 1. The molecule has 1 heterocycles. The second-order valence-electron chi connectivity index (χ2n) is 4.70. The Kier molecular flexibility index (Phi) is 3.89. The summed E-state index contributed by atoms with van der Waals surface area (Å²) in [6.45, 7) is 0.185. The van der Waals surface area contributed by atoms with Crippen LogP contribution in [0.4, 0.5) is 10.1 Å². The van der Waals surface area contributed by atoms with Gasteiger partial charge >= 0.3 is 5.97 Å². The first-order valence-corrected chi connectivity index (χ1v) is 6.04. The third-order valence-corrected chi connectivity index (χ3v) is 3.43. The molecule has 2 unspecified atom stereocenters. The lowest BCUT2D eigenvalue weighted by molar-refractivity contribution is -0.142. The van der Waals surface area contributed by atoms with Crippen molar-refractivity contribution in [3.63, 3.8) is 0 Å². The molecule has 1 aliphatic rings. The standard InChI is InChI=1S/C13H15FN2O4/c1-16(11-6-20-5-9(11)13(18)19)12(17)8-4-7(14)2-3-10(8)15/h2-4,9,11H,5-6,15H2,1H3,(H,18,19).